The molecule has 3 rings (SSSR count). The van der Waals surface area contributed by atoms with Gasteiger partial charge >= 0.3 is 0 Å². The van der Waals surface area contributed by atoms with E-state index in [1.165, 1.54) is 16.4 Å². The zero-order valence-corrected chi connectivity index (χ0v) is 17.2. The predicted molar refractivity (Wildman–Crippen MR) is 108 cm³/mol. The van der Waals surface area contributed by atoms with E-state index >= 15 is 0 Å². The molecule has 1 fully saturated rings. The van der Waals surface area contributed by atoms with Crippen LogP contribution in [-0.4, -0.2) is 54.8 Å². The summed E-state index contributed by atoms with van der Waals surface area (Å²) in [5.41, 5.74) is 1.43. The number of benzene rings is 2. The minimum Gasteiger partial charge on any atom is -0.508 e. The summed E-state index contributed by atoms with van der Waals surface area (Å²) in [6.45, 7) is 7.36. The standard InChI is InChI=1S/C21H26N2O4S/c1-21(2,3)17-7-9-19(10-8-17)28(26,27)23-13-11-22(12-14-23)20(25)16-5-4-6-18(24)15-16/h4-10,15,24H,11-14H2,1-3H3. The maximum absolute atomic E-state index is 12.9. The van der Waals surface area contributed by atoms with Crippen LogP contribution < -0.4 is 0 Å². The van der Waals surface area contributed by atoms with Gasteiger partial charge in [-0.3, -0.25) is 4.79 Å². The molecule has 1 N–H and O–H groups in total. The molecule has 7 heteroatoms. The van der Waals surface area contributed by atoms with Gasteiger partial charge in [0.1, 0.15) is 5.75 Å². The SMILES string of the molecule is CC(C)(C)c1ccc(S(=O)(=O)N2CCN(C(=O)c3cccc(O)c3)CC2)cc1. The Morgan fingerprint density at radius 2 is 1.57 bits per heavy atom. The van der Waals surface area contributed by atoms with Crippen molar-refractivity contribution in [1.82, 2.24) is 9.21 Å². The Balaban J connectivity index is 1.69. The molecule has 0 aliphatic carbocycles. The van der Waals surface area contributed by atoms with Crippen molar-refractivity contribution in [3.8, 4) is 5.75 Å². The van der Waals surface area contributed by atoms with Gasteiger partial charge in [0.2, 0.25) is 10.0 Å². The van der Waals surface area contributed by atoms with Crippen molar-refractivity contribution in [1.29, 1.82) is 0 Å². The molecular formula is C21H26N2O4S. The van der Waals surface area contributed by atoms with Gasteiger partial charge < -0.3 is 10.0 Å². The number of aromatic hydroxyl groups is 1. The van der Waals surface area contributed by atoms with E-state index in [0.29, 0.717) is 18.7 Å². The molecule has 0 unspecified atom stereocenters. The Bertz CT molecular complexity index is 955. The number of rotatable bonds is 3. The molecule has 0 radical (unpaired) electrons. The van der Waals surface area contributed by atoms with Crippen LogP contribution in [0.2, 0.25) is 0 Å². The van der Waals surface area contributed by atoms with Crippen LogP contribution in [0.5, 0.6) is 5.75 Å². The van der Waals surface area contributed by atoms with Crippen molar-refractivity contribution in [3.05, 3.63) is 59.7 Å². The highest BCUT2D eigenvalue weighted by Crippen LogP contribution is 2.25. The number of hydrogen-bond donors (Lipinski definition) is 1. The average molecular weight is 403 g/mol. The normalized spacial score (nSPS) is 16.2. The Hall–Kier alpha value is -2.38. The lowest BCUT2D eigenvalue weighted by molar-refractivity contribution is 0.0697. The first kappa shape index (κ1) is 20.4. The number of phenolic OH excluding ortho intramolecular Hbond substituents is 1. The molecule has 150 valence electrons. The Morgan fingerprint density at radius 1 is 0.964 bits per heavy atom. The first-order valence-electron chi connectivity index (χ1n) is 9.28. The van der Waals surface area contributed by atoms with Crippen LogP contribution in [0.3, 0.4) is 0 Å². The molecule has 28 heavy (non-hydrogen) atoms. The molecule has 0 bridgehead atoms. The summed E-state index contributed by atoms with van der Waals surface area (Å²) in [6, 6.07) is 13.2. The second-order valence-electron chi connectivity index (χ2n) is 8.02. The van der Waals surface area contributed by atoms with Crippen molar-refractivity contribution in [2.75, 3.05) is 26.2 Å². The first-order valence-corrected chi connectivity index (χ1v) is 10.7. The van der Waals surface area contributed by atoms with E-state index in [0.717, 1.165) is 5.56 Å². The second-order valence-corrected chi connectivity index (χ2v) is 9.96. The first-order chi connectivity index (χ1) is 13.1. The molecule has 0 spiro atoms. The molecule has 2 aromatic carbocycles. The van der Waals surface area contributed by atoms with Gasteiger partial charge in [-0.2, -0.15) is 4.31 Å². The Morgan fingerprint density at radius 3 is 2.11 bits per heavy atom. The summed E-state index contributed by atoms with van der Waals surface area (Å²) >= 11 is 0. The lowest BCUT2D eigenvalue weighted by Gasteiger charge is -2.34. The van der Waals surface area contributed by atoms with Gasteiger partial charge in [0, 0.05) is 31.7 Å². The molecule has 1 saturated heterocycles. The summed E-state index contributed by atoms with van der Waals surface area (Å²) in [5.74, 6) is -0.173. The van der Waals surface area contributed by atoms with Gasteiger partial charge in [-0.15, -0.1) is 0 Å². The fraction of sp³-hybridized carbons (Fsp3) is 0.381. The van der Waals surface area contributed by atoms with Gasteiger partial charge in [0.15, 0.2) is 0 Å². The van der Waals surface area contributed by atoms with E-state index < -0.39 is 10.0 Å². The summed E-state index contributed by atoms with van der Waals surface area (Å²) in [6.07, 6.45) is 0. The zero-order valence-electron chi connectivity index (χ0n) is 16.4. The van der Waals surface area contributed by atoms with Gasteiger partial charge in [-0.05, 0) is 41.3 Å². The van der Waals surface area contributed by atoms with Crippen LogP contribution in [0.15, 0.2) is 53.4 Å². The summed E-state index contributed by atoms with van der Waals surface area (Å²) in [5, 5.41) is 9.55. The maximum atomic E-state index is 12.9. The number of sulfonamides is 1. The van der Waals surface area contributed by atoms with Crippen LogP contribution in [0, 0.1) is 0 Å². The second kappa shape index (κ2) is 7.56. The van der Waals surface area contributed by atoms with Gasteiger partial charge in [-0.1, -0.05) is 39.0 Å². The van der Waals surface area contributed by atoms with Crippen molar-refractivity contribution >= 4 is 15.9 Å². The molecular weight excluding hydrogens is 376 g/mol. The maximum Gasteiger partial charge on any atom is 0.254 e. The van der Waals surface area contributed by atoms with Crippen molar-refractivity contribution in [3.63, 3.8) is 0 Å². The van der Waals surface area contributed by atoms with Gasteiger partial charge in [0.25, 0.3) is 5.91 Å². The number of carbonyl (C=O) groups excluding carboxylic acids is 1. The van der Waals surface area contributed by atoms with Crippen molar-refractivity contribution in [2.24, 2.45) is 0 Å². The topological polar surface area (TPSA) is 77.9 Å². The smallest absolute Gasteiger partial charge is 0.254 e. The van der Waals surface area contributed by atoms with Crippen LogP contribution in [0.25, 0.3) is 0 Å². The van der Waals surface area contributed by atoms with Crippen LogP contribution >= 0.6 is 0 Å². The van der Waals surface area contributed by atoms with E-state index in [4.69, 9.17) is 0 Å². The van der Waals surface area contributed by atoms with Crippen molar-refractivity contribution in [2.45, 2.75) is 31.1 Å². The van der Waals surface area contributed by atoms with Crippen LogP contribution in [-0.2, 0) is 15.4 Å². The number of hydrogen-bond acceptors (Lipinski definition) is 4. The highest BCUT2D eigenvalue weighted by Gasteiger charge is 2.30. The predicted octanol–water partition coefficient (Wildman–Crippen LogP) is 2.84. The van der Waals surface area contributed by atoms with Crippen LogP contribution in [0.4, 0.5) is 0 Å². The van der Waals surface area contributed by atoms with Crippen molar-refractivity contribution < 1.29 is 18.3 Å². The molecule has 1 aliphatic heterocycles. The highest BCUT2D eigenvalue weighted by atomic mass is 32.2. The molecule has 1 aliphatic rings. The molecule has 1 heterocycles. The Kier molecular flexibility index (Phi) is 5.50. The quantitative estimate of drug-likeness (QED) is 0.856. The number of phenols is 1. The third kappa shape index (κ3) is 4.20. The summed E-state index contributed by atoms with van der Waals surface area (Å²) in [7, 11) is -3.59. The fourth-order valence-electron chi connectivity index (χ4n) is 3.23. The average Bonchev–Trinajstić information content (AvgIpc) is 2.67. The van der Waals surface area contributed by atoms with E-state index in [1.807, 2.05) is 12.1 Å². The van der Waals surface area contributed by atoms with E-state index in [1.54, 1.807) is 29.2 Å². The van der Waals surface area contributed by atoms with E-state index in [2.05, 4.69) is 20.8 Å². The number of piperazine rings is 1. The zero-order chi connectivity index (χ0) is 20.5. The largest absolute Gasteiger partial charge is 0.508 e. The Labute approximate surface area is 166 Å². The highest BCUT2D eigenvalue weighted by molar-refractivity contribution is 7.89. The molecule has 0 atom stereocenters. The lowest BCUT2D eigenvalue weighted by atomic mass is 9.87. The monoisotopic (exact) mass is 402 g/mol. The summed E-state index contributed by atoms with van der Waals surface area (Å²) in [4.78, 5) is 14.4. The minimum atomic E-state index is -3.59. The molecule has 2 aromatic rings. The molecule has 6 nitrogen and oxygen atoms in total. The van der Waals surface area contributed by atoms with E-state index in [-0.39, 0.29) is 35.1 Å². The third-order valence-corrected chi connectivity index (χ3v) is 6.89. The number of amides is 1. The van der Waals surface area contributed by atoms with Gasteiger partial charge in [-0.25, -0.2) is 8.42 Å². The van der Waals surface area contributed by atoms with E-state index in [9.17, 15) is 18.3 Å². The number of nitrogens with zero attached hydrogens (tertiary/aromatic N) is 2. The molecule has 1 amide bonds. The minimum absolute atomic E-state index is 0.0331. The lowest BCUT2D eigenvalue weighted by Crippen LogP contribution is -2.50. The number of carbonyl (C=O) groups is 1. The van der Waals surface area contributed by atoms with Crippen LogP contribution in [0.1, 0.15) is 36.7 Å². The summed E-state index contributed by atoms with van der Waals surface area (Å²) < 4.78 is 27.3. The molecule has 0 aromatic heterocycles. The third-order valence-electron chi connectivity index (χ3n) is 4.98. The van der Waals surface area contributed by atoms with Gasteiger partial charge in [0.05, 0.1) is 4.90 Å². The molecule has 0 saturated carbocycles. The fourth-order valence-corrected chi connectivity index (χ4v) is 4.65.